The first-order valence-electron chi connectivity index (χ1n) is 6.51. The average molecular weight is 269 g/mol. The molecule has 0 aliphatic heterocycles. The summed E-state index contributed by atoms with van der Waals surface area (Å²) >= 11 is 0. The summed E-state index contributed by atoms with van der Waals surface area (Å²) in [6, 6.07) is 5.41. The number of benzene rings is 1. The van der Waals surface area contributed by atoms with E-state index >= 15 is 0 Å². The fraction of sp³-hybridized carbons (Fsp3) is 0.571. The lowest BCUT2D eigenvalue weighted by Gasteiger charge is -2.15. The van der Waals surface area contributed by atoms with Crippen LogP contribution in [0.3, 0.4) is 0 Å². The van der Waals surface area contributed by atoms with E-state index in [1.54, 1.807) is 6.07 Å². The first kappa shape index (κ1) is 14.2. The van der Waals surface area contributed by atoms with Crippen LogP contribution in [-0.4, -0.2) is 37.6 Å². The standard InChI is InChI=1S/C14H20FNO3/c1-18-8-12(17)9-19-14-10(3-2-4-13(14)15)7-16-11-5-6-11/h2-4,11-12,16-17H,5-9H2,1H3. The number of halogens is 1. The van der Waals surface area contributed by atoms with Crippen molar-refractivity contribution in [3.8, 4) is 5.75 Å². The molecule has 1 atom stereocenters. The molecule has 1 aliphatic carbocycles. The molecule has 0 saturated heterocycles. The van der Waals surface area contributed by atoms with Gasteiger partial charge in [-0.05, 0) is 18.9 Å². The third-order valence-electron chi connectivity index (χ3n) is 2.99. The van der Waals surface area contributed by atoms with Gasteiger partial charge in [0.05, 0.1) is 6.61 Å². The molecule has 5 heteroatoms. The molecule has 0 bridgehead atoms. The summed E-state index contributed by atoms with van der Waals surface area (Å²) in [5.41, 5.74) is 0.775. The summed E-state index contributed by atoms with van der Waals surface area (Å²) in [5.74, 6) is -0.189. The molecule has 1 saturated carbocycles. The van der Waals surface area contributed by atoms with Crippen molar-refractivity contribution in [3.05, 3.63) is 29.6 Å². The fourth-order valence-electron chi connectivity index (χ4n) is 1.82. The van der Waals surface area contributed by atoms with Crippen LogP contribution in [0.15, 0.2) is 18.2 Å². The zero-order valence-corrected chi connectivity index (χ0v) is 11.1. The number of nitrogens with one attached hydrogen (secondary N) is 1. The zero-order chi connectivity index (χ0) is 13.7. The van der Waals surface area contributed by atoms with Crippen LogP contribution in [0.25, 0.3) is 0 Å². The Morgan fingerprint density at radius 3 is 2.89 bits per heavy atom. The second kappa shape index (κ2) is 6.84. The number of para-hydroxylation sites is 1. The average Bonchev–Trinajstić information content (AvgIpc) is 3.19. The molecule has 106 valence electrons. The van der Waals surface area contributed by atoms with Gasteiger partial charge in [-0.25, -0.2) is 4.39 Å². The zero-order valence-electron chi connectivity index (χ0n) is 11.1. The lowest BCUT2D eigenvalue weighted by Crippen LogP contribution is -2.24. The van der Waals surface area contributed by atoms with Crippen LogP contribution in [-0.2, 0) is 11.3 Å². The molecular formula is C14H20FNO3. The Kier molecular flexibility index (Phi) is 5.13. The number of rotatable bonds is 8. The highest BCUT2D eigenvalue weighted by Crippen LogP contribution is 2.25. The summed E-state index contributed by atoms with van der Waals surface area (Å²) < 4.78 is 24.0. The Morgan fingerprint density at radius 2 is 2.21 bits per heavy atom. The quantitative estimate of drug-likeness (QED) is 0.750. The number of aliphatic hydroxyl groups is 1. The molecule has 0 amide bonds. The van der Waals surface area contributed by atoms with Crippen LogP contribution in [0, 0.1) is 5.82 Å². The lowest BCUT2D eigenvalue weighted by molar-refractivity contribution is 0.0313. The molecule has 1 aliphatic rings. The molecule has 1 aromatic rings. The molecule has 0 heterocycles. The van der Waals surface area contributed by atoms with E-state index < -0.39 is 11.9 Å². The highest BCUT2D eigenvalue weighted by atomic mass is 19.1. The Morgan fingerprint density at radius 1 is 1.42 bits per heavy atom. The predicted molar refractivity (Wildman–Crippen MR) is 69.6 cm³/mol. The van der Waals surface area contributed by atoms with Gasteiger partial charge in [0, 0.05) is 25.3 Å². The maximum absolute atomic E-state index is 13.8. The second-order valence-electron chi connectivity index (χ2n) is 4.80. The number of aliphatic hydroxyl groups excluding tert-OH is 1. The number of hydrogen-bond acceptors (Lipinski definition) is 4. The van der Waals surface area contributed by atoms with Crippen LogP contribution in [0.2, 0.25) is 0 Å². The third kappa shape index (κ3) is 4.45. The van der Waals surface area contributed by atoms with Gasteiger partial charge in [-0.2, -0.15) is 0 Å². The van der Waals surface area contributed by atoms with Crippen LogP contribution in [0.5, 0.6) is 5.75 Å². The molecule has 2 N–H and O–H groups in total. The molecule has 19 heavy (non-hydrogen) atoms. The Bertz CT molecular complexity index is 410. The lowest BCUT2D eigenvalue weighted by atomic mass is 10.2. The van der Waals surface area contributed by atoms with Gasteiger partial charge in [-0.15, -0.1) is 0 Å². The highest BCUT2D eigenvalue weighted by Gasteiger charge is 2.21. The predicted octanol–water partition coefficient (Wildman–Crippen LogP) is 1.46. The van der Waals surface area contributed by atoms with Crippen molar-refractivity contribution in [2.24, 2.45) is 0 Å². The minimum atomic E-state index is -0.756. The Hall–Kier alpha value is -1.17. The van der Waals surface area contributed by atoms with Gasteiger partial charge in [0.2, 0.25) is 0 Å². The first-order valence-corrected chi connectivity index (χ1v) is 6.51. The van der Waals surface area contributed by atoms with Gasteiger partial charge in [0.15, 0.2) is 11.6 Å². The van der Waals surface area contributed by atoms with Crippen molar-refractivity contribution in [1.29, 1.82) is 0 Å². The summed E-state index contributed by atoms with van der Waals surface area (Å²) in [4.78, 5) is 0. The molecule has 0 spiro atoms. The van der Waals surface area contributed by atoms with Crippen LogP contribution >= 0.6 is 0 Å². The molecule has 1 aromatic carbocycles. The van der Waals surface area contributed by atoms with Crippen molar-refractivity contribution >= 4 is 0 Å². The summed E-state index contributed by atoms with van der Waals surface area (Å²) in [6.45, 7) is 0.771. The number of hydrogen-bond donors (Lipinski definition) is 2. The van der Waals surface area contributed by atoms with E-state index in [9.17, 15) is 9.50 Å². The summed E-state index contributed by atoms with van der Waals surface area (Å²) in [6.07, 6.45) is 1.60. The maximum Gasteiger partial charge on any atom is 0.165 e. The molecular weight excluding hydrogens is 249 g/mol. The molecule has 0 radical (unpaired) electrons. The minimum absolute atomic E-state index is 0.0190. The van der Waals surface area contributed by atoms with E-state index in [1.165, 1.54) is 26.0 Å². The topological polar surface area (TPSA) is 50.7 Å². The van der Waals surface area contributed by atoms with Gasteiger partial charge in [0.25, 0.3) is 0 Å². The van der Waals surface area contributed by atoms with E-state index in [0.29, 0.717) is 12.6 Å². The SMILES string of the molecule is COCC(O)COc1c(F)cccc1CNC1CC1. The fourth-order valence-corrected chi connectivity index (χ4v) is 1.82. The van der Waals surface area contributed by atoms with Gasteiger partial charge in [-0.3, -0.25) is 0 Å². The van der Waals surface area contributed by atoms with E-state index in [1.807, 2.05) is 6.07 Å². The second-order valence-corrected chi connectivity index (χ2v) is 4.80. The van der Waals surface area contributed by atoms with Crippen LogP contribution in [0.4, 0.5) is 4.39 Å². The Balaban J connectivity index is 1.95. The number of methoxy groups -OCH3 is 1. The largest absolute Gasteiger partial charge is 0.487 e. The van der Waals surface area contributed by atoms with Crippen molar-refractivity contribution in [2.75, 3.05) is 20.3 Å². The van der Waals surface area contributed by atoms with E-state index in [0.717, 1.165) is 5.56 Å². The highest BCUT2D eigenvalue weighted by molar-refractivity contribution is 5.35. The third-order valence-corrected chi connectivity index (χ3v) is 2.99. The van der Waals surface area contributed by atoms with Crippen molar-refractivity contribution in [3.63, 3.8) is 0 Å². The van der Waals surface area contributed by atoms with Gasteiger partial charge in [0.1, 0.15) is 12.7 Å². The van der Waals surface area contributed by atoms with Crippen molar-refractivity contribution < 1.29 is 19.0 Å². The molecule has 4 nitrogen and oxygen atoms in total. The minimum Gasteiger partial charge on any atom is -0.487 e. The number of ether oxygens (including phenoxy) is 2. The molecule has 2 rings (SSSR count). The van der Waals surface area contributed by atoms with Gasteiger partial charge in [-0.1, -0.05) is 12.1 Å². The smallest absolute Gasteiger partial charge is 0.165 e. The molecule has 0 aromatic heterocycles. The van der Waals surface area contributed by atoms with E-state index in [-0.39, 0.29) is 19.0 Å². The molecule has 1 unspecified atom stereocenters. The monoisotopic (exact) mass is 269 g/mol. The molecule has 1 fully saturated rings. The van der Waals surface area contributed by atoms with Gasteiger partial charge >= 0.3 is 0 Å². The van der Waals surface area contributed by atoms with E-state index in [2.05, 4.69) is 5.32 Å². The van der Waals surface area contributed by atoms with Gasteiger partial charge < -0.3 is 19.9 Å². The first-order chi connectivity index (χ1) is 9.20. The van der Waals surface area contributed by atoms with Crippen LogP contribution < -0.4 is 10.1 Å². The Labute approximate surface area is 112 Å². The summed E-state index contributed by atoms with van der Waals surface area (Å²) in [5, 5.41) is 12.9. The maximum atomic E-state index is 13.8. The van der Waals surface area contributed by atoms with Crippen molar-refractivity contribution in [2.45, 2.75) is 31.5 Å². The van der Waals surface area contributed by atoms with Crippen molar-refractivity contribution in [1.82, 2.24) is 5.32 Å². The summed E-state index contributed by atoms with van der Waals surface area (Å²) in [7, 11) is 1.50. The normalized spacial score (nSPS) is 16.4. The van der Waals surface area contributed by atoms with Crippen LogP contribution in [0.1, 0.15) is 18.4 Å². The van der Waals surface area contributed by atoms with E-state index in [4.69, 9.17) is 9.47 Å².